The number of halogens is 1. The van der Waals surface area contributed by atoms with Crippen molar-refractivity contribution in [3.8, 4) is 0 Å². The lowest BCUT2D eigenvalue weighted by Gasteiger charge is -2.18. The lowest BCUT2D eigenvalue weighted by Crippen LogP contribution is -2.27. The molecule has 0 fully saturated rings. The van der Waals surface area contributed by atoms with Crippen LogP contribution in [0.5, 0.6) is 0 Å². The molecule has 1 aromatic heterocycles. The second-order valence-electron chi connectivity index (χ2n) is 5.05. The number of carbonyl (C=O) groups is 1. The Morgan fingerprint density at radius 1 is 1.30 bits per heavy atom. The Morgan fingerprint density at radius 2 is 2.00 bits per heavy atom. The molecule has 0 aliphatic heterocycles. The van der Waals surface area contributed by atoms with Gasteiger partial charge in [-0.3, -0.25) is 4.79 Å². The molecule has 0 unspecified atom stereocenters. The summed E-state index contributed by atoms with van der Waals surface area (Å²) in [5, 5.41) is 0. The number of aryl methyl sites for hydroxylation is 1. The zero-order valence-corrected chi connectivity index (χ0v) is 15.3. The molecule has 0 aliphatic carbocycles. The summed E-state index contributed by atoms with van der Waals surface area (Å²) in [6.45, 7) is 2.19. The van der Waals surface area contributed by atoms with Crippen molar-refractivity contribution in [3.63, 3.8) is 0 Å². The summed E-state index contributed by atoms with van der Waals surface area (Å²) in [7, 11) is -0.576. The van der Waals surface area contributed by atoms with Gasteiger partial charge in [-0.1, -0.05) is 17.7 Å². The molecule has 0 spiro atoms. The van der Waals surface area contributed by atoms with Gasteiger partial charge in [0.15, 0.2) is 0 Å². The highest BCUT2D eigenvalue weighted by atomic mass is 35.5. The van der Waals surface area contributed by atoms with Gasteiger partial charge in [0.25, 0.3) is 5.91 Å². The second-order valence-corrected chi connectivity index (χ2v) is 8.74. The van der Waals surface area contributed by atoms with Crippen molar-refractivity contribution < 1.29 is 13.2 Å². The van der Waals surface area contributed by atoms with E-state index in [1.165, 1.54) is 30.5 Å². The van der Waals surface area contributed by atoms with Crippen molar-refractivity contribution in [1.82, 2.24) is 9.62 Å². The zero-order valence-electron chi connectivity index (χ0n) is 13.0. The van der Waals surface area contributed by atoms with Crippen LogP contribution in [0.2, 0.25) is 4.34 Å². The minimum Gasteiger partial charge on any atom is -0.337 e. The van der Waals surface area contributed by atoms with Crippen molar-refractivity contribution in [2.45, 2.75) is 18.4 Å². The fourth-order valence-electron chi connectivity index (χ4n) is 2.06. The number of sulfonamides is 1. The summed E-state index contributed by atoms with van der Waals surface area (Å²) in [6, 6.07) is 8.17. The van der Waals surface area contributed by atoms with E-state index in [1.807, 2.05) is 6.07 Å². The highest BCUT2D eigenvalue weighted by Crippen LogP contribution is 2.23. The fourth-order valence-corrected chi connectivity index (χ4v) is 3.96. The summed E-state index contributed by atoms with van der Waals surface area (Å²) in [4.78, 5) is 15.2. The summed E-state index contributed by atoms with van der Waals surface area (Å²) >= 11 is 7.30. The van der Waals surface area contributed by atoms with E-state index in [0.29, 0.717) is 16.4 Å². The van der Waals surface area contributed by atoms with Gasteiger partial charge >= 0.3 is 0 Å². The Hall–Kier alpha value is -1.41. The minimum atomic E-state index is -3.59. The van der Waals surface area contributed by atoms with Gasteiger partial charge in [-0.2, -0.15) is 0 Å². The van der Waals surface area contributed by atoms with Crippen LogP contribution in [0.4, 0.5) is 0 Å². The maximum absolute atomic E-state index is 12.6. The third-order valence-corrected chi connectivity index (χ3v) is 6.01. The highest BCUT2D eigenvalue weighted by Gasteiger charge is 2.19. The summed E-state index contributed by atoms with van der Waals surface area (Å²) < 4.78 is 26.7. The molecular formula is C15H17ClN2O3S2. The molecule has 1 aromatic carbocycles. The first-order valence-electron chi connectivity index (χ1n) is 6.78. The Balaban J connectivity index is 2.29. The van der Waals surface area contributed by atoms with Crippen LogP contribution in [0.3, 0.4) is 0 Å². The van der Waals surface area contributed by atoms with E-state index >= 15 is 0 Å². The zero-order chi connectivity index (χ0) is 17.2. The van der Waals surface area contributed by atoms with E-state index < -0.39 is 10.0 Å². The van der Waals surface area contributed by atoms with E-state index in [-0.39, 0.29) is 10.8 Å². The first kappa shape index (κ1) is 17.9. The average Bonchev–Trinajstić information content (AvgIpc) is 2.91. The van der Waals surface area contributed by atoms with E-state index in [0.717, 1.165) is 10.4 Å². The Bertz CT molecular complexity index is 831. The lowest BCUT2D eigenvalue weighted by molar-refractivity contribution is 0.0785. The van der Waals surface area contributed by atoms with E-state index in [2.05, 4.69) is 4.72 Å². The fraction of sp³-hybridized carbons (Fsp3) is 0.267. The number of thiophene rings is 1. The van der Waals surface area contributed by atoms with E-state index in [1.54, 1.807) is 31.0 Å². The lowest BCUT2D eigenvalue weighted by atomic mass is 10.1. The molecule has 0 bridgehead atoms. The molecule has 23 heavy (non-hydrogen) atoms. The molecule has 0 aliphatic rings. The average molecular weight is 373 g/mol. The molecule has 0 saturated heterocycles. The number of carbonyl (C=O) groups excluding carboxylic acids is 1. The molecule has 2 rings (SSSR count). The number of hydrogen-bond acceptors (Lipinski definition) is 4. The Morgan fingerprint density at radius 3 is 2.57 bits per heavy atom. The molecule has 8 heteroatoms. The van der Waals surface area contributed by atoms with Crippen molar-refractivity contribution in [3.05, 3.63) is 50.7 Å². The summed E-state index contributed by atoms with van der Waals surface area (Å²) in [5.41, 5.74) is 1.09. The van der Waals surface area contributed by atoms with Gasteiger partial charge in [-0.15, -0.1) is 11.3 Å². The van der Waals surface area contributed by atoms with Crippen molar-refractivity contribution in [1.29, 1.82) is 0 Å². The largest absolute Gasteiger partial charge is 0.337 e. The normalized spacial score (nSPS) is 11.5. The van der Waals surface area contributed by atoms with Gasteiger partial charge in [0.05, 0.1) is 15.8 Å². The van der Waals surface area contributed by atoms with E-state index in [4.69, 9.17) is 11.6 Å². The van der Waals surface area contributed by atoms with Crippen LogP contribution in [0.25, 0.3) is 0 Å². The molecule has 2 aromatic rings. The van der Waals surface area contributed by atoms with Crippen LogP contribution in [0.1, 0.15) is 20.8 Å². The summed E-state index contributed by atoms with van der Waals surface area (Å²) in [5.74, 6) is -0.236. The van der Waals surface area contributed by atoms with Crippen LogP contribution in [0, 0.1) is 6.92 Å². The van der Waals surface area contributed by atoms with Crippen LogP contribution in [-0.2, 0) is 16.6 Å². The SMILES string of the molecule is CNS(=O)(=O)c1ccc(C)c(C(=O)N(C)Cc2ccc(Cl)s2)c1. The maximum atomic E-state index is 12.6. The third kappa shape index (κ3) is 4.11. The van der Waals surface area contributed by atoms with Crippen molar-refractivity contribution in [2.24, 2.45) is 0 Å². The quantitative estimate of drug-likeness (QED) is 0.877. The van der Waals surface area contributed by atoms with Gasteiger partial charge in [0.2, 0.25) is 10.0 Å². The number of rotatable bonds is 5. The smallest absolute Gasteiger partial charge is 0.254 e. The van der Waals surface area contributed by atoms with Crippen LogP contribution < -0.4 is 4.72 Å². The van der Waals surface area contributed by atoms with E-state index in [9.17, 15) is 13.2 Å². The first-order chi connectivity index (χ1) is 10.7. The van der Waals surface area contributed by atoms with Gasteiger partial charge in [0, 0.05) is 17.5 Å². The predicted molar refractivity (Wildman–Crippen MR) is 92.6 cm³/mol. The molecule has 1 amide bonds. The molecule has 0 atom stereocenters. The van der Waals surface area contributed by atoms with Crippen molar-refractivity contribution in [2.75, 3.05) is 14.1 Å². The predicted octanol–water partition coefficient (Wildman–Crippen LogP) is 2.89. The molecule has 0 radical (unpaired) electrons. The number of nitrogens with one attached hydrogen (secondary N) is 1. The minimum absolute atomic E-state index is 0.0709. The van der Waals surface area contributed by atoms with Gasteiger partial charge in [-0.25, -0.2) is 13.1 Å². The second kappa shape index (κ2) is 7.00. The standard InChI is InChI=1S/C15H17ClN2O3S2/c1-10-4-6-12(23(20,21)17-2)8-13(10)15(19)18(3)9-11-5-7-14(16)22-11/h4-8,17H,9H2,1-3H3. The highest BCUT2D eigenvalue weighted by molar-refractivity contribution is 7.89. The molecule has 0 saturated carbocycles. The number of benzene rings is 1. The number of amides is 1. The number of hydrogen-bond donors (Lipinski definition) is 1. The van der Waals surface area contributed by atoms with Crippen molar-refractivity contribution >= 4 is 38.9 Å². The first-order valence-corrected chi connectivity index (χ1v) is 9.46. The van der Waals surface area contributed by atoms with Gasteiger partial charge in [-0.05, 0) is 43.8 Å². The van der Waals surface area contributed by atoms with Crippen LogP contribution in [0.15, 0.2) is 35.2 Å². The van der Waals surface area contributed by atoms with Gasteiger partial charge in [0.1, 0.15) is 0 Å². The Kier molecular flexibility index (Phi) is 5.46. The monoisotopic (exact) mass is 372 g/mol. The molecule has 1 heterocycles. The maximum Gasteiger partial charge on any atom is 0.254 e. The van der Waals surface area contributed by atoms with Crippen LogP contribution in [-0.4, -0.2) is 33.3 Å². The van der Waals surface area contributed by atoms with Gasteiger partial charge < -0.3 is 4.90 Å². The number of nitrogens with zero attached hydrogens (tertiary/aromatic N) is 1. The Labute approximate surface area is 144 Å². The molecule has 1 N–H and O–H groups in total. The molecular weight excluding hydrogens is 356 g/mol. The third-order valence-electron chi connectivity index (χ3n) is 3.39. The van der Waals surface area contributed by atoms with Crippen LogP contribution >= 0.6 is 22.9 Å². The molecule has 124 valence electrons. The molecule has 5 nitrogen and oxygen atoms in total. The topological polar surface area (TPSA) is 66.5 Å². The summed E-state index contributed by atoms with van der Waals surface area (Å²) in [6.07, 6.45) is 0.